The predicted molar refractivity (Wildman–Crippen MR) is 133 cm³/mol. The number of nitrogen functional groups attached to an aromatic ring is 1. The second-order valence-electron chi connectivity index (χ2n) is 8.34. The molecule has 1 heterocycles. The maximum absolute atomic E-state index is 12.8. The molecule has 2 aromatic rings. The highest BCUT2D eigenvalue weighted by Gasteiger charge is 2.22. The molecule has 0 spiro atoms. The molecule has 0 radical (unpaired) electrons. The number of benzene rings is 2. The van der Waals surface area contributed by atoms with Crippen LogP contribution in [0.2, 0.25) is 0 Å². The number of halogens is 1. The van der Waals surface area contributed by atoms with Gasteiger partial charge in [0.2, 0.25) is 5.91 Å². The van der Waals surface area contributed by atoms with Crippen LogP contribution in [0, 0.1) is 11.3 Å². The van der Waals surface area contributed by atoms with E-state index in [-0.39, 0.29) is 5.91 Å². The molecule has 176 valence electrons. The van der Waals surface area contributed by atoms with Crippen molar-refractivity contribution in [3.8, 4) is 17.6 Å². The molecule has 0 fully saturated rings. The van der Waals surface area contributed by atoms with Gasteiger partial charge in [-0.3, -0.25) is 4.79 Å². The number of nitriles is 1. The molecule has 33 heavy (non-hydrogen) atoms. The van der Waals surface area contributed by atoms with E-state index in [2.05, 4.69) is 33.9 Å². The fraction of sp³-hybridized carbons (Fsp3) is 0.440. The van der Waals surface area contributed by atoms with Gasteiger partial charge in [0.1, 0.15) is 6.07 Å². The van der Waals surface area contributed by atoms with Crippen molar-refractivity contribution in [2.24, 2.45) is 0 Å². The van der Waals surface area contributed by atoms with Crippen molar-refractivity contribution in [2.75, 3.05) is 53.2 Å². The van der Waals surface area contributed by atoms with Gasteiger partial charge in [0.15, 0.2) is 11.5 Å². The van der Waals surface area contributed by atoms with E-state index in [4.69, 9.17) is 15.2 Å². The Kier molecular flexibility index (Phi) is 8.59. The van der Waals surface area contributed by atoms with Crippen molar-refractivity contribution in [3.05, 3.63) is 51.0 Å². The average molecular weight is 515 g/mol. The molecule has 3 rings (SSSR count). The lowest BCUT2D eigenvalue weighted by Crippen LogP contribution is -2.35. The Morgan fingerprint density at radius 3 is 2.52 bits per heavy atom. The summed E-state index contributed by atoms with van der Waals surface area (Å²) < 4.78 is 11.6. The minimum Gasteiger partial charge on any atom is -0.493 e. The summed E-state index contributed by atoms with van der Waals surface area (Å²) in [5.41, 5.74) is 10.1. The van der Waals surface area contributed by atoms with Gasteiger partial charge in [-0.25, -0.2) is 0 Å². The number of anilines is 1. The van der Waals surface area contributed by atoms with Crippen molar-refractivity contribution >= 4 is 27.5 Å². The number of amides is 1. The molecule has 0 unspecified atom stereocenters. The SMILES string of the molecule is COc1cc2c(cc1OC)CC(=O)N(CCCN(C)CCc1cc(Br)c(N)c(C#N)c1)CC2. The van der Waals surface area contributed by atoms with Crippen LogP contribution in [0.25, 0.3) is 0 Å². The van der Waals surface area contributed by atoms with Gasteiger partial charge in [-0.1, -0.05) is 0 Å². The van der Waals surface area contributed by atoms with Gasteiger partial charge >= 0.3 is 0 Å². The number of likely N-dealkylation sites (N-methyl/N-ethyl adjacent to an activating group) is 1. The van der Waals surface area contributed by atoms with Crippen LogP contribution < -0.4 is 15.2 Å². The van der Waals surface area contributed by atoms with Crippen LogP contribution in [-0.4, -0.2) is 63.2 Å². The Labute approximate surface area is 204 Å². The number of carbonyl (C=O) groups is 1. The lowest BCUT2D eigenvalue weighted by molar-refractivity contribution is -0.130. The Morgan fingerprint density at radius 1 is 1.15 bits per heavy atom. The van der Waals surface area contributed by atoms with Gasteiger partial charge in [0.25, 0.3) is 0 Å². The summed E-state index contributed by atoms with van der Waals surface area (Å²) in [6.45, 7) is 3.19. The molecule has 0 atom stereocenters. The smallest absolute Gasteiger partial charge is 0.227 e. The molecule has 1 amide bonds. The fourth-order valence-electron chi connectivity index (χ4n) is 4.13. The van der Waals surface area contributed by atoms with E-state index in [0.717, 1.165) is 60.1 Å². The van der Waals surface area contributed by atoms with Crippen molar-refractivity contribution in [2.45, 2.75) is 25.7 Å². The van der Waals surface area contributed by atoms with Crippen LogP contribution in [0.5, 0.6) is 11.5 Å². The van der Waals surface area contributed by atoms with Gasteiger partial charge in [-0.2, -0.15) is 5.26 Å². The molecule has 0 bridgehead atoms. The monoisotopic (exact) mass is 514 g/mol. The molecule has 0 aromatic heterocycles. The average Bonchev–Trinajstić information content (AvgIpc) is 2.96. The van der Waals surface area contributed by atoms with Gasteiger partial charge in [-0.15, -0.1) is 0 Å². The number of hydrogen-bond acceptors (Lipinski definition) is 6. The van der Waals surface area contributed by atoms with E-state index in [1.165, 1.54) is 0 Å². The molecule has 2 N–H and O–H groups in total. The highest BCUT2D eigenvalue weighted by molar-refractivity contribution is 9.10. The zero-order chi connectivity index (χ0) is 24.0. The number of nitrogens with two attached hydrogens (primary N) is 1. The molecule has 1 aliphatic rings. The molecular formula is C25H31BrN4O3. The van der Waals surface area contributed by atoms with Crippen LogP contribution in [0.15, 0.2) is 28.7 Å². The summed E-state index contributed by atoms with van der Waals surface area (Å²) in [4.78, 5) is 17.1. The summed E-state index contributed by atoms with van der Waals surface area (Å²) in [7, 11) is 5.32. The normalized spacial score (nSPS) is 13.5. The first-order chi connectivity index (χ1) is 15.9. The lowest BCUT2D eigenvalue weighted by atomic mass is 10.0. The van der Waals surface area contributed by atoms with E-state index in [1.54, 1.807) is 14.2 Å². The van der Waals surface area contributed by atoms with Crippen LogP contribution in [-0.2, 0) is 24.1 Å². The predicted octanol–water partition coefficient (Wildman–Crippen LogP) is 3.41. The van der Waals surface area contributed by atoms with E-state index in [1.807, 2.05) is 29.2 Å². The summed E-state index contributed by atoms with van der Waals surface area (Å²) in [5.74, 6) is 1.52. The maximum atomic E-state index is 12.8. The molecule has 0 saturated carbocycles. The molecule has 0 aliphatic carbocycles. The van der Waals surface area contributed by atoms with Gasteiger partial charge in [0, 0.05) is 24.1 Å². The molecule has 2 aromatic carbocycles. The second kappa shape index (κ2) is 11.4. The van der Waals surface area contributed by atoms with Crippen LogP contribution >= 0.6 is 15.9 Å². The van der Waals surface area contributed by atoms with Crippen molar-refractivity contribution in [1.82, 2.24) is 9.80 Å². The fourth-order valence-corrected chi connectivity index (χ4v) is 4.63. The Balaban J connectivity index is 1.50. The Hall–Kier alpha value is -2.76. The first kappa shape index (κ1) is 24.9. The number of fused-ring (bicyclic) bond motifs is 1. The van der Waals surface area contributed by atoms with E-state index >= 15 is 0 Å². The number of nitrogens with zero attached hydrogens (tertiary/aromatic N) is 3. The van der Waals surface area contributed by atoms with Gasteiger partial charge in [0.05, 0.1) is 31.9 Å². The van der Waals surface area contributed by atoms with E-state index < -0.39 is 0 Å². The first-order valence-electron chi connectivity index (χ1n) is 11.0. The summed E-state index contributed by atoms with van der Waals surface area (Å²) in [6.07, 6.45) is 2.93. The molecule has 1 aliphatic heterocycles. The summed E-state index contributed by atoms with van der Waals surface area (Å²) in [6, 6.07) is 9.89. The third kappa shape index (κ3) is 6.18. The van der Waals surface area contributed by atoms with E-state index in [0.29, 0.717) is 35.7 Å². The molecule has 8 heteroatoms. The second-order valence-corrected chi connectivity index (χ2v) is 9.20. The number of carbonyl (C=O) groups excluding carboxylic acids is 1. The largest absolute Gasteiger partial charge is 0.493 e. The number of methoxy groups -OCH3 is 2. The first-order valence-corrected chi connectivity index (χ1v) is 11.8. The van der Waals surface area contributed by atoms with Crippen molar-refractivity contribution in [3.63, 3.8) is 0 Å². The minimum atomic E-state index is 0.152. The molecule has 0 saturated heterocycles. The van der Waals surface area contributed by atoms with Crippen molar-refractivity contribution in [1.29, 1.82) is 5.26 Å². The third-order valence-corrected chi connectivity index (χ3v) is 6.77. The molecular weight excluding hydrogens is 484 g/mol. The van der Waals surface area contributed by atoms with E-state index in [9.17, 15) is 10.1 Å². The maximum Gasteiger partial charge on any atom is 0.227 e. The number of rotatable bonds is 9. The number of hydrogen-bond donors (Lipinski definition) is 1. The Morgan fingerprint density at radius 2 is 1.85 bits per heavy atom. The highest BCUT2D eigenvalue weighted by atomic mass is 79.9. The molecule has 7 nitrogen and oxygen atoms in total. The zero-order valence-corrected chi connectivity index (χ0v) is 21.1. The standard InChI is InChI=1S/C25H31BrN4O3/c1-29(9-5-17-11-20(16-27)25(28)21(26)12-17)7-4-8-30-10-6-18-13-22(32-2)23(33-3)14-19(18)15-24(30)31/h11-14H,4-10,15,28H2,1-3H3. The zero-order valence-electron chi connectivity index (χ0n) is 19.5. The van der Waals surface area contributed by atoms with Crippen LogP contribution in [0.3, 0.4) is 0 Å². The van der Waals surface area contributed by atoms with Gasteiger partial charge in [-0.05, 0) is 89.7 Å². The van der Waals surface area contributed by atoms with Crippen LogP contribution in [0.1, 0.15) is 28.7 Å². The van der Waals surface area contributed by atoms with Gasteiger partial charge < -0.3 is 25.0 Å². The quantitative estimate of drug-likeness (QED) is 0.515. The number of ether oxygens (including phenoxy) is 2. The Bertz CT molecular complexity index is 1050. The highest BCUT2D eigenvalue weighted by Crippen LogP contribution is 2.32. The summed E-state index contributed by atoms with van der Waals surface area (Å²) >= 11 is 3.43. The summed E-state index contributed by atoms with van der Waals surface area (Å²) in [5, 5.41) is 9.23. The lowest BCUT2D eigenvalue weighted by Gasteiger charge is -2.23. The topological polar surface area (TPSA) is 91.8 Å². The minimum absolute atomic E-state index is 0.152. The third-order valence-electron chi connectivity index (χ3n) is 6.11. The van der Waals surface area contributed by atoms with Crippen molar-refractivity contribution < 1.29 is 14.3 Å². The van der Waals surface area contributed by atoms with Crippen LogP contribution in [0.4, 0.5) is 5.69 Å².